The van der Waals surface area contributed by atoms with E-state index in [1.807, 2.05) is 0 Å². The number of carbonyl (C=O) groups is 2. The number of fused-ring (bicyclic) bond motifs is 1. The van der Waals surface area contributed by atoms with E-state index in [4.69, 9.17) is 0 Å². The maximum absolute atomic E-state index is 12.4. The molecule has 0 aromatic carbocycles. The van der Waals surface area contributed by atoms with Gasteiger partial charge < -0.3 is 15.3 Å². The van der Waals surface area contributed by atoms with Gasteiger partial charge in [0, 0.05) is 12.6 Å². The highest BCUT2D eigenvalue weighted by molar-refractivity contribution is 5.83. The average Bonchev–Trinajstić information content (AvgIpc) is 3.20. The number of carboxylic acids is 1. The molecule has 5 nitrogen and oxygen atoms in total. The van der Waals surface area contributed by atoms with Gasteiger partial charge in [0.05, 0.1) is 0 Å². The van der Waals surface area contributed by atoms with Crippen molar-refractivity contribution < 1.29 is 14.7 Å². The van der Waals surface area contributed by atoms with Crippen molar-refractivity contribution in [2.45, 2.75) is 69.9 Å². The van der Waals surface area contributed by atoms with Gasteiger partial charge in [0.1, 0.15) is 6.04 Å². The zero-order valence-electron chi connectivity index (χ0n) is 12.6. The Morgan fingerprint density at radius 1 is 1.14 bits per heavy atom. The van der Waals surface area contributed by atoms with E-state index < -0.39 is 12.0 Å². The topological polar surface area (TPSA) is 69.6 Å². The lowest BCUT2D eigenvalue weighted by Gasteiger charge is -2.33. The summed E-state index contributed by atoms with van der Waals surface area (Å²) in [5.74, 6) is 0.415. The monoisotopic (exact) mass is 294 g/mol. The van der Waals surface area contributed by atoms with Gasteiger partial charge >= 0.3 is 12.0 Å². The van der Waals surface area contributed by atoms with Crippen LogP contribution in [0.2, 0.25) is 0 Å². The normalized spacial score (nSPS) is 31.8. The molecule has 2 aliphatic carbocycles. The Labute approximate surface area is 126 Å². The molecule has 1 aliphatic heterocycles. The molecule has 118 valence electrons. The van der Waals surface area contributed by atoms with Crippen molar-refractivity contribution in [1.29, 1.82) is 0 Å². The average molecular weight is 294 g/mol. The highest BCUT2D eigenvalue weighted by Crippen LogP contribution is 2.39. The highest BCUT2D eigenvalue weighted by atomic mass is 16.4. The Morgan fingerprint density at radius 2 is 1.90 bits per heavy atom. The van der Waals surface area contributed by atoms with Gasteiger partial charge in [-0.25, -0.2) is 9.59 Å². The fourth-order valence-electron chi connectivity index (χ4n) is 4.06. The van der Waals surface area contributed by atoms with Gasteiger partial charge in [0.2, 0.25) is 0 Å². The largest absolute Gasteiger partial charge is 0.480 e. The smallest absolute Gasteiger partial charge is 0.326 e. The second-order valence-corrected chi connectivity index (χ2v) is 6.93. The van der Waals surface area contributed by atoms with Crippen molar-refractivity contribution in [3.8, 4) is 0 Å². The van der Waals surface area contributed by atoms with Gasteiger partial charge in [-0.05, 0) is 43.9 Å². The number of urea groups is 1. The molecule has 3 aliphatic rings. The molecule has 0 aromatic heterocycles. The maximum Gasteiger partial charge on any atom is 0.326 e. The van der Waals surface area contributed by atoms with Gasteiger partial charge in [-0.2, -0.15) is 0 Å². The van der Waals surface area contributed by atoms with E-state index in [9.17, 15) is 14.7 Å². The second-order valence-electron chi connectivity index (χ2n) is 6.93. The number of likely N-dealkylation sites (tertiary alicyclic amines) is 1. The van der Waals surface area contributed by atoms with E-state index in [-0.39, 0.29) is 12.1 Å². The molecule has 3 unspecified atom stereocenters. The van der Waals surface area contributed by atoms with Crippen LogP contribution < -0.4 is 5.32 Å². The number of aliphatic carboxylic acids is 1. The zero-order valence-corrected chi connectivity index (χ0v) is 12.6. The van der Waals surface area contributed by atoms with Gasteiger partial charge in [-0.3, -0.25) is 0 Å². The fraction of sp³-hybridized carbons (Fsp3) is 0.875. The molecular formula is C16H26N2O3. The van der Waals surface area contributed by atoms with E-state index in [0.717, 1.165) is 31.6 Å². The number of nitrogens with one attached hydrogen (secondary N) is 1. The fourth-order valence-corrected chi connectivity index (χ4v) is 4.06. The van der Waals surface area contributed by atoms with Gasteiger partial charge in [-0.15, -0.1) is 0 Å². The molecule has 0 bridgehead atoms. The molecule has 2 N–H and O–H groups in total. The standard InChI is InChI=1S/C16H26N2O3/c19-15(20)14-10-12-5-1-2-6-13(12)18(14)16(21)17-9-3-4-11-7-8-11/h11-14H,1-10H2,(H,17,21)(H,19,20). The summed E-state index contributed by atoms with van der Waals surface area (Å²) in [4.78, 5) is 25.5. The van der Waals surface area contributed by atoms with E-state index in [1.165, 1.54) is 25.7 Å². The lowest BCUT2D eigenvalue weighted by Crippen LogP contribution is -2.50. The third kappa shape index (κ3) is 3.33. The molecule has 0 radical (unpaired) electrons. The summed E-state index contributed by atoms with van der Waals surface area (Å²) in [5.41, 5.74) is 0. The van der Waals surface area contributed by atoms with E-state index in [2.05, 4.69) is 5.32 Å². The number of amides is 2. The summed E-state index contributed by atoms with van der Waals surface area (Å²) < 4.78 is 0. The summed E-state index contributed by atoms with van der Waals surface area (Å²) in [6, 6.07) is -0.641. The summed E-state index contributed by atoms with van der Waals surface area (Å²) >= 11 is 0. The number of nitrogens with zero attached hydrogens (tertiary/aromatic N) is 1. The van der Waals surface area contributed by atoms with Crippen LogP contribution in [0.4, 0.5) is 4.79 Å². The SMILES string of the molecule is O=C(O)C1CC2CCCCC2N1C(=O)NCCCC1CC1. The molecule has 3 rings (SSSR count). The number of carboxylic acid groups (broad SMARTS) is 1. The molecule has 1 saturated heterocycles. The predicted octanol–water partition coefficient (Wildman–Crippen LogP) is 2.60. The summed E-state index contributed by atoms with van der Waals surface area (Å²) in [7, 11) is 0. The number of rotatable bonds is 5. The second kappa shape index (κ2) is 6.24. The molecular weight excluding hydrogens is 268 g/mol. The highest BCUT2D eigenvalue weighted by Gasteiger charge is 2.47. The predicted molar refractivity (Wildman–Crippen MR) is 79.0 cm³/mol. The molecule has 5 heteroatoms. The van der Waals surface area contributed by atoms with E-state index in [1.54, 1.807) is 4.90 Å². The maximum atomic E-state index is 12.4. The number of hydrogen-bond donors (Lipinski definition) is 2. The summed E-state index contributed by atoms with van der Waals surface area (Å²) in [6.45, 7) is 0.676. The van der Waals surface area contributed by atoms with Crippen LogP contribution in [0.5, 0.6) is 0 Å². The minimum absolute atomic E-state index is 0.142. The Bertz CT molecular complexity index is 408. The molecule has 21 heavy (non-hydrogen) atoms. The Morgan fingerprint density at radius 3 is 2.62 bits per heavy atom. The Hall–Kier alpha value is -1.26. The third-order valence-electron chi connectivity index (χ3n) is 5.37. The minimum atomic E-state index is -0.850. The number of hydrogen-bond acceptors (Lipinski definition) is 2. The van der Waals surface area contributed by atoms with Crippen molar-refractivity contribution in [3.05, 3.63) is 0 Å². The summed E-state index contributed by atoms with van der Waals surface area (Å²) in [5, 5.41) is 12.4. The Kier molecular flexibility index (Phi) is 4.36. The zero-order chi connectivity index (χ0) is 14.8. The van der Waals surface area contributed by atoms with Crippen molar-refractivity contribution in [2.75, 3.05) is 6.54 Å². The van der Waals surface area contributed by atoms with Crippen LogP contribution in [0.25, 0.3) is 0 Å². The van der Waals surface area contributed by atoms with Crippen LogP contribution in [0.1, 0.15) is 57.8 Å². The van der Waals surface area contributed by atoms with Crippen molar-refractivity contribution in [2.24, 2.45) is 11.8 Å². The first kappa shape index (κ1) is 14.7. The molecule has 0 spiro atoms. The van der Waals surface area contributed by atoms with Crippen LogP contribution in [-0.2, 0) is 4.79 Å². The first-order valence-electron chi connectivity index (χ1n) is 8.46. The van der Waals surface area contributed by atoms with Crippen LogP contribution >= 0.6 is 0 Å². The Balaban J connectivity index is 1.56. The van der Waals surface area contributed by atoms with Crippen LogP contribution in [0.15, 0.2) is 0 Å². The minimum Gasteiger partial charge on any atom is -0.480 e. The first-order valence-corrected chi connectivity index (χ1v) is 8.46. The molecule has 2 saturated carbocycles. The van der Waals surface area contributed by atoms with Crippen LogP contribution in [0.3, 0.4) is 0 Å². The van der Waals surface area contributed by atoms with Gasteiger partial charge in [0.15, 0.2) is 0 Å². The van der Waals surface area contributed by atoms with Crippen molar-refractivity contribution in [1.82, 2.24) is 10.2 Å². The van der Waals surface area contributed by atoms with Gasteiger partial charge in [0.25, 0.3) is 0 Å². The quantitative estimate of drug-likeness (QED) is 0.766. The third-order valence-corrected chi connectivity index (χ3v) is 5.37. The van der Waals surface area contributed by atoms with Crippen LogP contribution in [-0.4, -0.2) is 40.6 Å². The molecule has 1 heterocycles. The molecule has 3 atom stereocenters. The first-order chi connectivity index (χ1) is 10.2. The summed E-state index contributed by atoms with van der Waals surface area (Å²) in [6.07, 6.45) is 9.82. The van der Waals surface area contributed by atoms with E-state index >= 15 is 0 Å². The number of carbonyl (C=O) groups excluding carboxylic acids is 1. The van der Waals surface area contributed by atoms with Gasteiger partial charge in [-0.1, -0.05) is 25.7 Å². The lowest BCUT2D eigenvalue weighted by atomic mass is 9.85. The molecule has 2 amide bonds. The lowest BCUT2D eigenvalue weighted by molar-refractivity contribution is -0.141. The van der Waals surface area contributed by atoms with Crippen molar-refractivity contribution in [3.63, 3.8) is 0 Å². The molecule has 3 fully saturated rings. The van der Waals surface area contributed by atoms with Crippen LogP contribution in [0, 0.1) is 11.8 Å². The molecule has 0 aromatic rings. The van der Waals surface area contributed by atoms with Crippen molar-refractivity contribution >= 4 is 12.0 Å². The van der Waals surface area contributed by atoms with E-state index in [0.29, 0.717) is 18.9 Å².